The van der Waals surface area contributed by atoms with E-state index >= 15 is 0 Å². The monoisotopic (exact) mass is 497 g/mol. The molecule has 1 unspecified atom stereocenters. The van der Waals surface area contributed by atoms with Gasteiger partial charge in [0.05, 0.1) is 29.9 Å². The minimum atomic E-state index is -0.480. The molecule has 1 atom stereocenters. The highest BCUT2D eigenvalue weighted by Crippen LogP contribution is 2.28. The molecule has 1 aliphatic rings. The Labute approximate surface area is 173 Å². The lowest BCUT2D eigenvalue weighted by Crippen LogP contribution is -2.42. The summed E-state index contributed by atoms with van der Waals surface area (Å²) in [5, 5.41) is 13.6. The van der Waals surface area contributed by atoms with Crippen molar-refractivity contribution in [3.8, 4) is 0 Å². The van der Waals surface area contributed by atoms with Crippen LogP contribution in [0, 0.1) is 10.1 Å². The maximum absolute atomic E-state index is 12.4. The Morgan fingerprint density at radius 1 is 1.30 bits per heavy atom. The van der Waals surface area contributed by atoms with E-state index in [1.54, 1.807) is 0 Å². The molecule has 1 aliphatic heterocycles. The number of hydrogen-bond acceptors (Lipinski definition) is 5. The highest BCUT2D eigenvalue weighted by atomic mass is 79.9. The van der Waals surface area contributed by atoms with Gasteiger partial charge in [-0.25, -0.2) is 0 Å². The molecule has 0 bridgehead atoms. The largest absolute Gasteiger partial charge is 0.371 e. The quantitative estimate of drug-likeness (QED) is 0.494. The van der Waals surface area contributed by atoms with Crippen molar-refractivity contribution in [3.05, 3.63) is 67.1 Å². The van der Waals surface area contributed by atoms with Crippen molar-refractivity contribution in [1.82, 2.24) is 4.90 Å². The molecule has 142 valence electrons. The number of amides is 1. The topological polar surface area (TPSA) is 84.7 Å². The van der Waals surface area contributed by atoms with Crippen LogP contribution in [0.4, 0.5) is 11.4 Å². The van der Waals surface area contributed by atoms with Gasteiger partial charge in [-0.2, -0.15) is 0 Å². The number of carbonyl (C=O) groups is 1. The molecular formula is C18H17Br2N3O4. The highest BCUT2D eigenvalue weighted by molar-refractivity contribution is 9.10. The maximum Gasteiger partial charge on any atom is 0.270 e. The fourth-order valence-corrected chi connectivity index (χ4v) is 3.75. The van der Waals surface area contributed by atoms with Crippen LogP contribution in [0.15, 0.2) is 51.4 Å². The van der Waals surface area contributed by atoms with Gasteiger partial charge in [0, 0.05) is 34.2 Å². The van der Waals surface area contributed by atoms with Crippen molar-refractivity contribution in [2.45, 2.75) is 6.10 Å². The summed E-state index contributed by atoms with van der Waals surface area (Å²) in [6, 6.07) is 12.2. The molecule has 3 rings (SSSR count). The number of benzene rings is 2. The van der Waals surface area contributed by atoms with Crippen molar-refractivity contribution in [2.24, 2.45) is 0 Å². The first-order valence-corrected chi connectivity index (χ1v) is 9.84. The summed E-state index contributed by atoms with van der Waals surface area (Å²) < 4.78 is 7.30. The van der Waals surface area contributed by atoms with Gasteiger partial charge in [0.1, 0.15) is 0 Å². The van der Waals surface area contributed by atoms with Gasteiger partial charge in [-0.3, -0.25) is 19.8 Å². The van der Waals surface area contributed by atoms with Crippen molar-refractivity contribution in [3.63, 3.8) is 0 Å². The van der Waals surface area contributed by atoms with Crippen molar-refractivity contribution in [2.75, 3.05) is 31.6 Å². The fraction of sp³-hybridized carbons (Fsp3) is 0.278. The van der Waals surface area contributed by atoms with Crippen LogP contribution in [0.5, 0.6) is 0 Å². The molecule has 9 heteroatoms. The molecule has 0 radical (unpaired) electrons. The number of anilines is 1. The third-order valence-electron chi connectivity index (χ3n) is 4.18. The summed E-state index contributed by atoms with van der Waals surface area (Å²) in [4.78, 5) is 24.7. The van der Waals surface area contributed by atoms with E-state index in [2.05, 4.69) is 37.2 Å². The van der Waals surface area contributed by atoms with Crippen LogP contribution >= 0.6 is 31.9 Å². The first-order chi connectivity index (χ1) is 12.9. The first kappa shape index (κ1) is 19.9. The number of non-ortho nitro benzene ring substituents is 1. The minimum Gasteiger partial charge on any atom is -0.371 e. The van der Waals surface area contributed by atoms with Gasteiger partial charge in [-0.15, -0.1) is 0 Å². The Morgan fingerprint density at radius 3 is 2.81 bits per heavy atom. The maximum atomic E-state index is 12.4. The lowest BCUT2D eigenvalue weighted by Gasteiger charge is -2.32. The Bertz CT molecular complexity index is 862. The van der Waals surface area contributed by atoms with Crippen LogP contribution in [0.2, 0.25) is 0 Å². The molecule has 7 nitrogen and oxygen atoms in total. The summed E-state index contributed by atoms with van der Waals surface area (Å²) in [5.41, 5.74) is 1.53. The normalized spacial score (nSPS) is 17.5. The van der Waals surface area contributed by atoms with E-state index < -0.39 is 4.92 Å². The number of ether oxygens (including phenoxy) is 1. The van der Waals surface area contributed by atoms with Gasteiger partial charge in [-0.05, 0) is 39.7 Å². The van der Waals surface area contributed by atoms with E-state index in [1.165, 1.54) is 18.2 Å². The van der Waals surface area contributed by atoms with Crippen LogP contribution in [-0.4, -0.2) is 42.0 Å². The number of nitro groups is 1. The lowest BCUT2D eigenvalue weighted by molar-refractivity contribution is -0.384. The van der Waals surface area contributed by atoms with Crippen LogP contribution < -0.4 is 5.32 Å². The zero-order chi connectivity index (χ0) is 19.4. The molecule has 2 aromatic rings. The second-order valence-corrected chi connectivity index (χ2v) is 7.89. The Balaban J connectivity index is 1.60. The van der Waals surface area contributed by atoms with Gasteiger partial charge in [0.2, 0.25) is 5.91 Å². The van der Waals surface area contributed by atoms with Gasteiger partial charge < -0.3 is 10.1 Å². The Morgan fingerprint density at radius 2 is 2.11 bits per heavy atom. The van der Waals surface area contributed by atoms with Crippen molar-refractivity contribution < 1.29 is 14.5 Å². The molecule has 0 aromatic heterocycles. The van der Waals surface area contributed by atoms with Crippen molar-refractivity contribution in [1.29, 1.82) is 0 Å². The third kappa shape index (κ3) is 5.35. The Kier molecular flexibility index (Phi) is 6.59. The van der Waals surface area contributed by atoms with Gasteiger partial charge in [-0.1, -0.05) is 28.1 Å². The fourth-order valence-electron chi connectivity index (χ4n) is 2.87. The zero-order valence-corrected chi connectivity index (χ0v) is 17.4. The van der Waals surface area contributed by atoms with Crippen LogP contribution in [-0.2, 0) is 9.53 Å². The number of nitrogens with one attached hydrogen (secondary N) is 1. The predicted molar refractivity (Wildman–Crippen MR) is 109 cm³/mol. The van der Waals surface area contributed by atoms with Gasteiger partial charge in [0.15, 0.2) is 0 Å². The summed E-state index contributed by atoms with van der Waals surface area (Å²) in [7, 11) is 0. The molecule has 0 saturated carbocycles. The number of nitro benzene ring substituents is 1. The summed E-state index contributed by atoms with van der Waals surface area (Å²) in [6.07, 6.45) is -0.0878. The molecule has 1 fully saturated rings. The van der Waals surface area contributed by atoms with E-state index in [4.69, 9.17) is 4.74 Å². The average Bonchev–Trinajstić information content (AvgIpc) is 2.63. The van der Waals surface area contributed by atoms with E-state index in [9.17, 15) is 14.9 Å². The number of morpholine rings is 1. The van der Waals surface area contributed by atoms with E-state index in [0.29, 0.717) is 29.9 Å². The number of rotatable bonds is 5. The molecule has 0 spiro atoms. The first-order valence-electron chi connectivity index (χ1n) is 8.25. The minimum absolute atomic E-state index is 0.0371. The van der Waals surface area contributed by atoms with Crippen LogP contribution in [0.25, 0.3) is 0 Å². The molecule has 1 saturated heterocycles. The summed E-state index contributed by atoms with van der Waals surface area (Å²) in [6.45, 7) is 2.05. The van der Waals surface area contributed by atoms with Crippen molar-refractivity contribution >= 4 is 49.1 Å². The van der Waals surface area contributed by atoms with Gasteiger partial charge in [0.25, 0.3) is 5.69 Å². The van der Waals surface area contributed by atoms with E-state index in [0.717, 1.165) is 10.0 Å². The SMILES string of the molecule is O=C(CN1CCOC(c2cccc(Br)c2)C1)Nc1ccc([N+](=O)[O-])cc1Br. The molecule has 1 heterocycles. The molecule has 1 N–H and O–H groups in total. The molecule has 0 aliphatic carbocycles. The molecular weight excluding hydrogens is 482 g/mol. The second-order valence-electron chi connectivity index (χ2n) is 6.12. The number of hydrogen-bond donors (Lipinski definition) is 1. The smallest absolute Gasteiger partial charge is 0.270 e. The summed E-state index contributed by atoms with van der Waals surface area (Å²) in [5.74, 6) is -0.181. The Hall–Kier alpha value is -1.81. The van der Waals surface area contributed by atoms with E-state index in [1.807, 2.05) is 29.2 Å². The molecule has 1 amide bonds. The number of carbonyl (C=O) groups excluding carboxylic acids is 1. The highest BCUT2D eigenvalue weighted by Gasteiger charge is 2.24. The van der Waals surface area contributed by atoms with Crippen LogP contribution in [0.1, 0.15) is 11.7 Å². The molecule has 27 heavy (non-hydrogen) atoms. The third-order valence-corrected chi connectivity index (χ3v) is 5.33. The zero-order valence-electron chi connectivity index (χ0n) is 14.2. The molecule has 2 aromatic carbocycles. The number of nitrogens with zero attached hydrogens (tertiary/aromatic N) is 2. The standard InChI is InChI=1S/C18H17Br2N3O4/c19-13-3-1-2-12(8-13)17-10-22(6-7-27-17)11-18(24)21-16-5-4-14(23(25)26)9-15(16)20/h1-5,8-9,17H,6-7,10-11H2,(H,21,24). The second kappa shape index (κ2) is 8.92. The summed E-state index contributed by atoms with van der Waals surface area (Å²) >= 11 is 6.72. The average molecular weight is 499 g/mol. The van der Waals surface area contributed by atoms with E-state index in [-0.39, 0.29) is 24.2 Å². The predicted octanol–water partition coefficient (Wildman–Crippen LogP) is 4.13. The lowest BCUT2D eigenvalue weighted by atomic mass is 10.1. The van der Waals surface area contributed by atoms with Gasteiger partial charge >= 0.3 is 0 Å². The van der Waals surface area contributed by atoms with Crippen LogP contribution in [0.3, 0.4) is 0 Å². The number of halogens is 2.